The van der Waals surface area contributed by atoms with Gasteiger partial charge in [-0.2, -0.15) is 8.42 Å². The molecule has 0 aromatic heterocycles. The van der Waals surface area contributed by atoms with Gasteiger partial charge in [-0.15, -0.1) is 0 Å². The minimum Gasteiger partial charge on any atom is -0.391 e. The molecule has 0 aromatic rings. The molecule has 1 unspecified atom stereocenters. The van der Waals surface area contributed by atoms with Crippen LogP contribution in [0.4, 0.5) is 0 Å². The quantitative estimate of drug-likeness (QED) is 0.353. The summed E-state index contributed by atoms with van der Waals surface area (Å²) >= 11 is 0. The molecule has 0 aliphatic carbocycles. The second kappa shape index (κ2) is 17.2. The van der Waals surface area contributed by atoms with Gasteiger partial charge in [0.15, 0.2) is 0 Å². The van der Waals surface area contributed by atoms with Gasteiger partial charge >= 0.3 is 0 Å². The van der Waals surface area contributed by atoms with Gasteiger partial charge in [0, 0.05) is 0 Å². The predicted octanol–water partition coefficient (Wildman–Crippen LogP) is 1.92. The van der Waals surface area contributed by atoms with Gasteiger partial charge < -0.3 is 10.0 Å². The zero-order valence-electron chi connectivity index (χ0n) is 14.8. The minimum atomic E-state index is -3.67. The Morgan fingerprint density at radius 2 is 1.18 bits per heavy atom. The first-order valence-corrected chi connectivity index (χ1v) is 10.5. The molecule has 0 heterocycles. The number of hydrogen-bond donors (Lipinski definition) is 3. The summed E-state index contributed by atoms with van der Waals surface area (Å²) in [6.45, 7) is 4.72. The Hall–Kier alpha value is -0.170. The number of quaternary nitrogens is 1. The molecule has 136 valence electrons. The third-order valence-corrected chi connectivity index (χ3v) is 3.50. The van der Waals surface area contributed by atoms with E-state index < -0.39 is 10.1 Å². The normalized spacial score (nSPS) is 12.6. The fourth-order valence-corrected chi connectivity index (χ4v) is 2.23. The summed E-state index contributed by atoms with van der Waals surface area (Å²) in [5, 5.41) is 8.78. The molecule has 0 bridgehead atoms. The van der Waals surface area contributed by atoms with Gasteiger partial charge in [-0.25, -0.2) is 0 Å². The molecule has 3 N–H and O–H groups in total. The average Bonchev–Trinajstić information content (AvgIpc) is 2.39. The summed E-state index contributed by atoms with van der Waals surface area (Å²) in [5.74, 6) is 0. The van der Waals surface area contributed by atoms with Crippen LogP contribution < -0.4 is 4.90 Å². The van der Waals surface area contributed by atoms with E-state index in [0.29, 0.717) is 12.9 Å². The highest BCUT2D eigenvalue weighted by Gasteiger charge is 1.99. The molecular formula is C16H38NO4S+. The number of likely N-dealkylation sites (N-methyl/N-ethyl adjacent to an activating group) is 1. The molecule has 0 saturated heterocycles. The molecule has 0 spiro atoms. The van der Waals surface area contributed by atoms with Gasteiger partial charge in [0.1, 0.15) is 6.54 Å². The summed E-state index contributed by atoms with van der Waals surface area (Å²) in [6.07, 6.45) is 14.8. The Morgan fingerprint density at radius 1 is 0.818 bits per heavy atom. The smallest absolute Gasteiger partial charge is 0.261 e. The predicted molar refractivity (Wildman–Crippen MR) is 93.0 cm³/mol. The lowest BCUT2D eigenvalue weighted by atomic mass is 10.1. The third-order valence-electron chi connectivity index (χ3n) is 3.50. The fourth-order valence-electron chi connectivity index (χ4n) is 2.23. The fraction of sp³-hybridized carbons (Fsp3) is 1.00. The van der Waals surface area contributed by atoms with Crippen LogP contribution in [0.3, 0.4) is 0 Å². The number of hydrogen-bond acceptors (Lipinski definition) is 3. The Bertz CT molecular complexity index is 299. The number of aliphatic hydroxyl groups is 1. The van der Waals surface area contributed by atoms with Gasteiger partial charge in [0.05, 0.1) is 26.5 Å². The van der Waals surface area contributed by atoms with E-state index in [1.54, 1.807) is 0 Å². The van der Waals surface area contributed by atoms with Crippen LogP contribution in [0.15, 0.2) is 0 Å². The molecule has 0 fully saturated rings. The molecule has 0 aliphatic rings. The van der Waals surface area contributed by atoms with Crippen LogP contribution >= 0.6 is 0 Å². The average molecular weight is 341 g/mol. The van der Waals surface area contributed by atoms with Crippen LogP contribution in [0.5, 0.6) is 0 Å². The van der Waals surface area contributed by atoms with Crippen molar-refractivity contribution < 1.29 is 23.0 Å². The molecule has 0 rings (SSSR count). The van der Waals surface area contributed by atoms with Crippen LogP contribution in [-0.4, -0.2) is 51.1 Å². The first-order valence-electron chi connectivity index (χ1n) is 8.65. The standard InChI is InChI=1S/C15H33NO.CH4O3S/c1-3-4-5-6-7-8-9-10-11-12-13-16(2)14-15-17;1-5(2,3)4/h17H,3-15H2,1-2H3;1H3,(H,2,3,4)/p+1. The maximum atomic E-state index is 9.19. The molecule has 22 heavy (non-hydrogen) atoms. The third kappa shape index (κ3) is 32.0. The lowest BCUT2D eigenvalue weighted by Gasteiger charge is -2.11. The summed E-state index contributed by atoms with van der Waals surface area (Å²) in [4.78, 5) is 1.46. The van der Waals surface area contributed by atoms with Gasteiger partial charge in [-0.3, -0.25) is 4.55 Å². The molecule has 0 radical (unpaired) electrons. The van der Waals surface area contributed by atoms with E-state index in [4.69, 9.17) is 9.66 Å². The van der Waals surface area contributed by atoms with Crippen LogP contribution in [0.1, 0.15) is 71.1 Å². The summed E-state index contributed by atoms with van der Waals surface area (Å²) < 4.78 is 25.9. The largest absolute Gasteiger partial charge is 0.391 e. The first-order chi connectivity index (χ1) is 10.3. The van der Waals surface area contributed by atoms with Gasteiger partial charge in [0.2, 0.25) is 0 Å². The SMILES string of the molecule is CCCCCCCCCCCC[NH+](C)CCO.CS(=O)(=O)O. The van der Waals surface area contributed by atoms with Crippen molar-refractivity contribution in [2.45, 2.75) is 71.1 Å². The van der Waals surface area contributed by atoms with Crippen molar-refractivity contribution in [2.24, 2.45) is 0 Å². The van der Waals surface area contributed by atoms with E-state index in [1.165, 1.54) is 75.7 Å². The highest BCUT2D eigenvalue weighted by Crippen LogP contribution is 2.09. The molecule has 5 nitrogen and oxygen atoms in total. The Balaban J connectivity index is 0. The topological polar surface area (TPSA) is 79.0 Å². The summed E-state index contributed by atoms with van der Waals surface area (Å²) in [7, 11) is -1.50. The lowest BCUT2D eigenvalue weighted by molar-refractivity contribution is -0.880. The molecule has 1 atom stereocenters. The molecule has 0 saturated carbocycles. The maximum absolute atomic E-state index is 9.19. The van der Waals surface area contributed by atoms with Gasteiger partial charge in [0.25, 0.3) is 10.1 Å². The van der Waals surface area contributed by atoms with Crippen molar-refractivity contribution in [3.05, 3.63) is 0 Å². The van der Waals surface area contributed by atoms with Crippen LogP contribution in [0.2, 0.25) is 0 Å². The zero-order valence-corrected chi connectivity index (χ0v) is 15.6. The van der Waals surface area contributed by atoms with E-state index in [0.717, 1.165) is 6.54 Å². The lowest BCUT2D eigenvalue weighted by Crippen LogP contribution is -3.09. The van der Waals surface area contributed by atoms with E-state index in [9.17, 15) is 8.42 Å². The van der Waals surface area contributed by atoms with Crippen molar-refractivity contribution in [1.82, 2.24) is 0 Å². The number of rotatable bonds is 13. The Labute approximate surface area is 137 Å². The summed E-state index contributed by atoms with van der Waals surface area (Å²) in [6, 6.07) is 0. The van der Waals surface area contributed by atoms with Crippen LogP contribution in [0, 0.1) is 0 Å². The van der Waals surface area contributed by atoms with E-state index in [-0.39, 0.29) is 0 Å². The maximum Gasteiger partial charge on any atom is 0.261 e. The monoisotopic (exact) mass is 340 g/mol. The van der Waals surface area contributed by atoms with Gasteiger partial charge in [-0.1, -0.05) is 58.3 Å². The number of unbranched alkanes of at least 4 members (excludes halogenated alkanes) is 9. The minimum absolute atomic E-state index is 0.323. The number of nitrogens with one attached hydrogen (secondary N) is 1. The second-order valence-electron chi connectivity index (χ2n) is 6.10. The zero-order chi connectivity index (χ0) is 17.3. The van der Waals surface area contributed by atoms with Gasteiger partial charge in [-0.05, 0) is 12.8 Å². The van der Waals surface area contributed by atoms with Crippen LogP contribution in [-0.2, 0) is 10.1 Å². The van der Waals surface area contributed by atoms with Crippen molar-refractivity contribution in [3.63, 3.8) is 0 Å². The van der Waals surface area contributed by atoms with Crippen molar-refractivity contribution in [2.75, 3.05) is 33.0 Å². The molecule has 0 amide bonds. The van der Waals surface area contributed by atoms with Crippen molar-refractivity contribution in [3.8, 4) is 0 Å². The second-order valence-corrected chi connectivity index (χ2v) is 7.56. The highest BCUT2D eigenvalue weighted by atomic mass is 32.2. The number of aliphatic hydroxyl groups excluding tert-OH is 1. The van der Waals surface area contributed by atoms with E-state index in [2.05, 4.69) is 14.0 Å². The van der Waals surface area contributed by atoms with E-state index >= 15 is 0 Å². The Morgan fingerprint density at radius 3 is 1.55 bits per heavy atom. The van der Waals surface area contributed by atoms with Crippen molar-refractivity contribution >= 4 is 10.1 Å². The van der Waals surface area contributed by atoms with Crippen molar-refractivity contribution in [1.29, 1.82) is 0 Å². The molecule has 0 aromatic carbocycles. The molecule has 6 heteroatoms. The Kier molecular flexibility index (Phi) is 18.8. The molecular weight excluding hydrogens is 302 g/mol. The van der Waals surface area contributed by atoms with E-state index in [1.807, 2.05) is 0 Å². The summed E-state index contributed by atoms with van der Waals surface area (Å²) in [5.41, 5.74) is 0. The first kappa shape index (κ1) is 24.1. The molecule has 0 aliphatic heterocycles. The van der Waals surface area contributed by atoms with Crippen LogP contribution in [0.25, 0.3) is 0 Å². The highest BCUT2D eigenvalue weighted by molar-refractivity contribution is 7.85.